The Bertz CT molecular complexity index is 418. The molecule has 0 aliphatic carbocycles. The summed E-state index contributed by atoms with van der Waals surface area (Å²) in [6, 6.07) is 7.22. The lowest BCUT2D eigenvalue weighted by Crippen LogP contribution is -2.45. The van der Waals surface area contributed by atoms with Crippen molar-refractivity contribution < 1.29 is 15.0 Å². The zero-order valence-corrected chi connectivity index (χ0v) is 10.1. The van der Waals surface area contributed by atoms with E-state index < -0.39 is 6.04 Å². The average Bonchev–Trinajstić information content (AvgIpc) is 2.43. The van der Waals surface area contributed by atoms with Crippen LogP contribution in [0.25, 0.3) is 0 Å². The summed E-state index contributed by atoms with van der Waals surface area (Å²) in [7, 11) is 0. The van der Waals surface area contributed by atoms with Crippen molar-refractivity contribution in [3.05, 3.63) is 35.4 Å². The van der Waals surface area contributed by atoms with Gasteiger partial charge in [-0.1, -0.05) is 24.3 Å². The van der Waals surface area contributed by atoms with Gasteiger partial charge >= 0.3 is 0 Å². The van der Waals surface area contributed by atoms with Crippen LogP contribution in [0, 0.1) is 0 Å². The molecule has 1 aliphatic heterocycles. The van der Waals surface area contributed by atoms with Gasteiger partial charge in [0.25, 0.3) is 0 Å². The third-order valence-corrected chi connectivity index (χ3v) is 3.20. The standard InChI is InChI=1S/C13H18N2O3/c16-7-10(8-17)15-13(18)12-6-14-5-9-3-1-2-4-11(9)12/h1-4,10,12,14,16-17H,5-8H2,(H,15,18). The van der Waals surface area contributed by atoms with Crippen LogP contribution in [0.4, 0.5) is 0 Å². The molecule has 0 radical (unpaired) electrons. The Morgan fingerprint density at radius 3 is 2.83 bits per heavy atom. The van der Waals surface area contributed by atoms with E-state index >= 15 is 0 Å². The van der Waals surface area contributed by atoms with E-state index in [9.17, 15) is 4.79 Å². The van der Waals surface area contributed by atoms with Crippen LogP contribution in [-0.2, 0) is 11.3 Å². The summed E-state index contributed by atoms with van der Waals surface area (Å²) >= 11 is 0. The summed E-state index contributed by atoms with van der Waals surface area (Å²) < 4.78 is 0. The van der Waals surface area contributed by atoms with Crippen molar-refractivity contribution in [3.63, 3.8) is 0 Å². The number of carbonyl (C=O) groups excluding carboxylic acids is 1. The lowest BCUT2D eigenvalue weighted by molar-refractivity contribution is -0.124. The molecule has 5 heteroatoms. The second-order valence-corrected chi connectivity index (χ2v) is 4.45. The van der Waals surface area contributed by atoms with Crippen LogP contribution in [0.3, 0.4) is 0 Å². The Hall–Kier alpha value is -1.43. The molecule has 0 saturated carbocycles. The fraction of sp³-hybridized carbons (Fsp3) is 0.462. The van der Waals surface area contributed by atoms with Crippen molar-refractivity contribution in [3.8, 4) is 0 Å². The number of rotatable bonds is 4. The molecular formula is C13H18N2O3. The summed E-state index contributed by atoms with van der Waals surface area (Å²) in [6.07, 6.45) is 0. The minimum atomic E-state index is -0.591. The average molecular weight is 250 g/mol. The quantitative estimate of drug-likeness (QED) is 0.572. The third-order valence-electron chi connectivity index (χ3n) is 3.20. The lowest BCUT2D eigenvalue weighted by atomic mass is 9.90. The van der Waals surface area contributed by atoms with Gasteiger partial charge in [-0.05, 0) is 11.1 Å². The Kier molecular flexibility index (Phi) is 4.30. The van der Waals surface area contributed by atoms with Gasteiger partial charge in [0, 0.05) is 13.1 Å². The molecule has 1 heterocycles. The number of aliphatic hydroxyl groups excluding tert-OH is 2. The van der Waals surface area contributed by atoms with E-state index in [4.69, 9.17) is 10.2 Å². The van der Waals surface area contributed by atoms with Gasteiger partial charge in [0.05, 0.1) is 25.2 Å². The van der Waals surface area contributed by atoms with Crippen LogP contribution in [0.5, 0.6) is 0 Å². The van der Waals surface area contributed by atoms with Gasteiger partial charge in [0.2, 0.25) is 5.91 Å². The molecule has 1 amide bonds. The maximum Gasteiger partial charge on any atom is 0.229 e. The minimum absolute atomic E-state index is 0.164. The second-order valence-electron chi connectivity index (χ2n) is 4.45. The number of fused-ring (bicyclic) bond motifs is 1. The van der Waals surface area contributed by atoms with Crippen LogP contribution in [0.2, 0.25) is 0 Å². The Morgan fingerprint density at radius 1 is 1.39 bits per heavy atom. The van der Waals surface area contributed by atoms with Crippen molar-refractivity contribution in [2.24, 2.45) is 0 Å². The Labute approximate surface area is 106 Å². The molecule has 2 rings (SSSR count). The van der Waals surface area contributed by atoms with E-state index in [-0.39, 0.29) is 25.0 Å². The number of nitrogens with one attached hydrogen (secondary N) is 2. The molecule has 0 saturated heterocycles. The first-order valence-corrected chi connectivity index (χ1v) is 6.07. The maximum absolute atomic E-state index is 12.1. The molecule has 0 aromatic heterocycles. The van der Waals surface area contributed by atoms with Gasteiger partial charge < -0.3 is 20.8 Å². The van der Waals surface area contributed by atoms with Gasteiger partial charge in [-0.25, -0.2) is 0 Å². The zero-order valence-electron chi connectivity index (χ0n) is 10.1. The predicted octanol–water partition coefficient (Wildman–Crippen LogP) is -0.657. The fourth-order valence-electron chi connectivity index (χ4n) is 2.18. The molecule has 1 atom stereocenters. The largest absolute Gasteiger partial charge is 0.394 e. The first-order chi connectivity index (χ1) is 8.76. The number of hydrogen-bond donors (Lipinski definition) is 4. The molecule has 1 aromatic rings. The number of carbonyl (C=O) groups is 1. The maximum atomic E-state index is 12.1. The second kappa shape index (κ2) is 5.95. The van der Waals surface area contributed by atoms with E-state index in [1.807, 2.05) is 24.3 Å². The summed E-state index contributed by atoms with van der Waals surface area (Å²) in [5, 5.41) is 23.8. The molecule has 1 aliphatic rings. The van der Waals surface area contributed by atoms with Crippen LogP contribution in [-0.4, -0.2) is 41.9 Å². The summed E-state index contributed by atoms with van der Waals surface area (Å²) in [4.78, 5) is 12.1. The highest BCUT2D eigenvalue weighted by Crippen LogP contribution is 2.23. The fourth-order valence-corrected chi connectivity index (χ4v) is 2.18. The van der Waals surface area contributed by atoms with E-state index in [1.165, 1.54) is 0 Å². The normalized spacial score (nSPS) is 18.5. The molecule has 98 valence electrons. The summed E-state index contributed by atoms with van der Waals surface area (Å²) in [5.74, 6) is -0.432. The van der Waals surface area contributed by atoms with Gasteiger partial charge in [-0.15, -0.1) is 0 Å². The monoisotopic (exact) mass is 250 g/mol. The van der Waals surface area contributed by atoms with Gasteiger partial charge in [0.15, 0.2) is 0 Å². The number of hydrogen-bond acceptors (Lipinski definition) is 4. The lowest BCUT2D eigenvalue weighted by Gasteiger charge is -2.27. The highest BCUT2D eigenvalue weighted by atomic mass is 16.3. The van der Waals surface area contributed by atoms with Gasteiger partial charge in [-0.2, -0.15) is 0 Å². The zero-order chi connectivity index (χ0) is 13.0. The molecule has 0 bridgehead atoms. The van der Waals surface area contributed by atoms with Crippen molar-refractivity contribution in [1.82, 2.24) is 10.6 Å². The van der Waals surface area contributed by atoms with Crippen molar-refractivity contribution in [1.29, 1.82) is 0 Å². The first-order valence-electron chi connectivity index (χ1n) is 6.07. The smallest absolute Gasteiger partial charge is 0.229 e. The van der Waals surface area contributed by atoms with Gasteiger partial charge in [0.1, 0.15) is 0 Å². The number of aliphatic hydroxyl groups is 2. The van der Waals surface area contributed by atoms with Crippen LogP contribution in [0.15, 0.2) is 24.3 Å². The molecular weight excluding hydrogens is 232 g/mol. The highest BCUT2D eigenvalue weighted by Gasteiger charge is 2.27. The van der Waals surface area contributed by atoms with Gasteiger partial charge in [-0.3, -0.25) is 4.79 Å². The SMILES string of the molecule is O=C(NC(CO)CO)C1CNCc2ccccc21. The van der Waals surface area contributed by atoms with Crippen molar-refractivity contribution >= 4 is 5.91 Å². The topological polar surface area (TPSA) is 81.6 Å². The number of benzene rings is 1. The van der Waals surface area contributed by atoms with Crippen LogP contribution >= 0.6 is 0 Å². The summed E-state index contributed by atoms with van der Waals surface area (Å²) in [5.41, 5.74) is 2.14. The molecule has 18 heavy (non-hydrogen) atoms. The molecule has 0 fully saturated rings. The Morgan fingerprint density at radius 2 is 2.11 bits per heavy atom. The van der Waals surface area contributed by atoms with Crippen molar-refractivity contribution in [2.45, 2.75) is 18.5 Å². The minimum Gasteiger partial charge on any atom is -0.394 e. The number of amides is 1. The molecule has 1 aromatic carbocycles. The molecule has 1 unspecified atom stereocenters. The van der Waals surface area contributed by atoms with Crippen LogP contribution in [0.1, 0.15) is 17.0 Å². The van der Waals surface area contributed by atoms with Crippen LogP contribution < -0.4 is 10.6 Å². The third kappa shape index (κ3) is 2.69. The van der Waals surface area contributed by atoms with E-state index in [0.717, 1.165) is 17.7 Å². The van der Waals surface area contributed by atoms with E-state index in [1.54, 1.807) is 0 Å². The predicted molar refractivity (Wildman–Crippen MR) is 67.0 cm³/mol. The van der Waals surface area contributed by atoms with E-state index in [0.29, 0.717) is 6.54 Å². The summed E-state index contributed by atoms with van der Waals surface area (Å²) in [6.45, 7) is 0.823. The molecule has 5 nitrogen and oxygen atoms in total. The molecule has 4 N–H and O–H groups in total. The Balaban J connectivity index is 2.12. The highest BCUT2D eigenvalue weighted by molar-refractivity contribution is 5.85. The first kappa shape index (κ1) is 13.0. The molecule has 0 spiro atoms. The van der Waals surface area contributed by atoms with Crippen molar-refractivity contribution in [2.75, 3.05) is 19.8 Å². The van der Waals surface area contributed by atoms with E-state index in [2.05, 4.69) is 10.6 Å².